The number of halogens is 3. The van der Waals surface area contributed by atoms with Crippen LogP contribution in [0.2, 0.25) is 0 Å². The van der Waals surface area contributed by atoms with Crippen LogP contribution in [0.25, 0.3) is 0 Å². The Morgan fingerprint density at radius 2 is 1.81 bits per heavy atom. The summed E-state index contributed by atoms with van der Waals surface area (Å²) in [6.07, 6.45) is -2.07. The number of rotatable bonds is 4. The van der Waals surface area contributed by atoms with Gasteiger partial charge in [0.2, 0.25) is 17.8 Å². The Morgan fingerprint density at radius 3 is 2.47 bits per heavy atom. The van der Waals surface area contributed by atoms with E-state index in [9.17, 15) is 27.6 Å². The minimum atomic E-state index is -4.83. The third kappa shape index (κ3) is 4.84. The molecule has 1 atom stereocenters. The molecule has 3 N–H and O–H groups in total. The lowest BCUT2D eigenvalue weighted by Crippen LogP contribution is -2.38. The summed E-state index contributed by atoms with van der Waals surface area (Å²) in [5.74, 6) is -2.27. The quantitative estimate of drug-likeness (QED) is 0.658. The van der Waals surface area contributed by atoms with E-state index in [4.69, 9.17) is 0 Å². The number of aromatic nitrogens is 2. The predicted molar refractivity (Wildman–Crippen MR) is 109 cm³/mol. The van der Waals surface area contributed by atoms with Crippen molar-refractivity contribution in [2.24, 2.45) is 0 Å². The molecule has 1 unspecified atom stereocenters. The predicted octanol–water partition coefficient (Wildman–Crippen LogP) is 2.72. The Kier molecular flexibility index (Phi) is 5.76. The highest BCUT2D eigenvalue weighted by atomic mass is 19.4. The van der Waals surface area contributed by atoms with Crippen molar-refractivity contribution in [3.05, 3.63) is 40.2 Å². The van der Waals surface area contributed by atoms with Crippen molar-refractivity contribution in [2.45, 2.75) is 38.0 Å². The highest BCUT2D eigenvalue weighted by Gasteiger charge is 2.35. The molecule has 3 heterocycles. The molecule has 32 heavy (non-hydrogen) atoms. The van der Waals surface area contributed by atoms with Gasteiger partial charge in [0.1, 0.15) is 11.6 Å². The van der Waals surface area contributed by atoms with Gasteiger partial charge >= 0.3 is 6.36 Å². The molecule has 1 aromatic carbocycles. The normalized spacial score (nSPS) is 18.5. The van der Waals surface area contributed by atoms with Crippen LogP contribution >= 0.6 is 0 Å². The molecule has 170 valence electrons. The van der Waals surface area contributed by atoms with E-state index in [1.165, 1.54) is 12.1 Å². The van der Waals surface area contributed by atoms with Gasteiger partial charge in [-0.25, -0.2) is 0 Å². The van der Waals surface area contributed by atoms with E-state index in [-0.39, 0.29) is 23.5 Å². The van der Waals surface area contributed by atoms with Gasteiger partial charge in [-0.1, -0.05) is 0 Å². The van der Waals surface area contributed by atoms with Gasteiger partial charge in [0, 0.05) is 25.2 Å². The number of anilines is 3. The van der Waals surface area contributed by atoms with Crippen LogP contribution in [0.1, 0.15) is 37.2 Å². The number of alkyl halides is 3. The van der Waals surface area contributed by atoms with Crippen molar-refractivity contribution in [3.63, 3.8) is 0 Å². The van der Waals surface area contributed by atoms with Crippen LogP contribution in [0.15, 0.2) is 29.1 Å². The second kappa shape index (κ2) is 8.52. The van der Waals surface area contributed by atoms with E-state index in [1.54, 1.807) is 0 Å². The molecule has 9 nitrogen and oxygen atoms in total. The van der Waals surface area contributed by atoms with Gasteiger partial charge in [0.05, 0.1) is 11.5 Å². The molecule has 0 spiro atoms. The summed E-state index contributed by atoms with van der Waals surface area (Å²) in [5, 5.41) is 5.08. The number of benzene rings is 1. The molecule has 2 aliphatic heterocycles. The first-order valence-electron chi connectivity index (χ1n) is 10.1. The van der Waals surface area contributed by atoms with E-state index in [1.807, 2.05) is 4.90 Å². The van der Waals surface area contributed by atoms with Crippen molar-refractivity contribution in [3.8, 4) is 5.75 Å². The number of ether oxygens (including phenoxy) is 1. The Balaban J connectivity index is 1.55. The minimum Gasteiger partial charge on any atom is -0.406 e. The third-order valence-electron chi connectivity index (χ3n) is 5.27. The summed E-state index contributed by atoms with van der Waals surface area (Å²) < 4.78 is 40.7. The first-order valence-corrected chi connectivity index (χ1v) is 10.1. The van der Waals surface area contributed by atoms with E-state index < -0.39 is 35.4 Å². The number of nitrogens with one attached hydrogen (secondary N) is 3. The van der Waals surface area contributed by atoms with E-state index >= 15 is 0 Å². The summed E-state index contributed by atoms with van der Waals surface area (Å²) >= 11 is 0. The number of carbonyl (C=O) groups is 2. The molecule has 2 aliphatic rings. The van der Waals surface area contributed by atoms with Crippen LogP contribution in [0, 0.1) is 0 Å². The lowest BCUT2D eigenvalue weighted by atomic mass is 9.92. The number of carbonyl (C=O) groups excluding carboxylic acids is 2. The lowest BCUT2D eigenvalue weighted by Gasteiger charge is -2.29. The fraction of sp³-hybridized carbons (Fsp3) is 0.400. The van der Waals surface area contributed by atoms with Gasteiger partial charge < -0.3 is 20.3 Å². The first kappa shape index (κ1) is 21.7. The van der Waals surface area contributed by atoms with Gasteiger partial charge in [0.25, 0.3) is 5.56 Å². The number of piperidine rings is 1. The SMILES string of the molecule is O=C1CC(C(=O)Nc2ccc(OC(F)(F)F)cc2)c2c(nc(N3CCCCC3)[nH]c2=O)N1. The molecule has 2 amide bonds. The second-order valence-corrected chi connectivity index (χ2v) is 7.57. The Morgan fingerprint density at radius 1 is 1.12 bits per heavy atom. The fourth-order valence-corrected chi connectivity index (χ4v) is 3.81. The maximum Gasteiger partial charge on any atom is 0.573 e. The molecule has 12 heteroatoms. The summed E-state index contributed by atoms with van der Waals surface area (Å²) in [5.41, 5.74) is -0.295. The van der Waals surface area contributed by atoms with Crippen LogP contribution in [0.5, 0.6) is 5.75 Å². The minimum absolute atomic E-state index is 0.0413. The maximum absolute atomic E-state index is 12.8. The largest absolute Gasteiger partial charge is 0.573 e. The van der Waals surface area contributed by atoms with Crippen LogP contribution in [-0.2, 0) is 9.59 Å². The molecule has 1 saturated heterocycles. The molecular formula is C20H20F3N5O4. The second-order valence-electron chi connectivity index (χ2n) is 7.57. The monoisotopic (exact) mass is 451 g/mol. The average Bonchev–Trinajstić information content (AvgIpc) is 2.73. The van der Waals surface area contributed by atoms with Crippen LogP contribution in [0.3, 0.4) is 0 Å². The van der Waals surface area contributed by atoms with Crippen molar-refractivity contribution in [1.82, 2.24) is 9.97 Å². The lowest BCUT2D eigenvalue weighted by molar-refractivity contribution is -0.274. The Bertz CT molecular complexity index is 1080. The van der Waals surface area contributed by atoms with Gasteiger partial charge in [-0.15, -0.1) is 13.2 Å². The molecule has 2 aromatic rings. The topological polar surface area (TPSA) is 116 Å². The molecule has 4 rings (SSSR count). The van der Waals surface area contributed by atoms with Gasteiger partial charge in [-0.3, -0.25) is 19.4 Å². The number of hydrogen-bond donors (Lipinski definition) is 3. The Labute approximate surface area is 180 Å². The molecule has 0 saturated carbocycles. The van der Waals surface area contributed by atoms with E-state index in [0.717, 1.165) is 44.5 Å². The highest BCUT2D eigenvalue weighted by molar-refractivity contribution is 6.04. The maximum atomic E-state index is 12.8. The first-order chi connectivity index (χ1) is 15.2. The van der Waals surface area contributed by atoms with Crippen molar-refractivity contribution in [1.29, 1.82) is 0 Å². The molecule has 0 aliphatic carbocycles. The zero-order valence-electron chi connectivity index (χ0n) is 16.8. The number of amides is 2. The zero-order chi connectivity index (χ0) is 22.9. The Hall–Kier alpha value is -3.57. The van der Waals surface area contributed by atoms with Crippen molar-refractivity contribution in [2.75, 3.05) is 28.6 Å². The summed E-state index contributed by atoms with van der Waals surface area (Å²) in [4.78, 5) is 46.8. The van der Waals surface area contributed by atoms with Gasteiger partial charge in [-0.05, 0) is 43.5 Å². The summed E-state index contributed by atoms with van der Waals surface area (Å²) in [6.45, 7) is 1.46. The third-order valence-corrected chi connectivity index (χ3v) is 5.27. The van der Waals surface area contributed by atoms with Crippen molar-refractivity contribution < 1.29 is 27.5 Å². The van der Waals surface area contributed by atoms with Crippen molar-refractivity contribution >= 4 is 29.3 Å². The van der Waals surface area contributed by atoms with Crippen LogP contribution in [0.4, 0.5) is 30.6 Å². The number of H-pyrrole nitrogens is 1. The highest BCUT2D eigenvalue weighted by Crippen LogP contribution is 2.31. The van der Waals surface area contributed by atoms with E-state index in [2.05, 4.69) is 25.3 Å². The molecule has 0 radical (unpaired) electrons. The summed E-state index contributed by atoms with van der Waals surface area (Å²) in [6, 6.07) is 4.54. The average molecular weight is 451 g/mol. The zero-order valence-corrected chi connectivity index (χ0v) is 16.8. The molecule has 1 aromatic heterocycles. The summed E-state index contributed by atoms with van der Waals surface area (Å²) in [7, 11) is 0. The number of nitrogens with zero attached hydrogens (tertiary/aromatic N) is 2. The van der Waals surface area contributed by atoms with Gasteiger partial charge in [0.15, 0.2) is 0 Å². The van der Waals surface area contributed by atoms with Crippen LogP contribution in [-0.4, -0.2) is 41.2 Å². The number of fused-ring (bicyclic) bond motifs is 1. The molecule has 0 bridgehead atoms. The van der Waals surface area contributed by atoms with Crippen LogP contribution < -0.4 is 25.8 Å². The number of aromatic amines is 1. The molecular weight excluding hydrogens is 431 g/mol. The van der Waals surface area contributed by atoms with E-state index in [0.29, 0.717) is 5.95 Å². The standard InChI is InChI=1S/C20H20F3N5O4/c21-20(22,23)32-12-6-4-11(5-7-12)24-17(30)13-10-14(29)25-16-15(13)18(31)27-19(26-16)28-8-2-1-3-9-28/h4-7,13H,1-3,8-10H2,(H,24,30)(H2,25,26,27,29,31). The fourth-order valence-electron chi connectivity index (χ4n) is 3.81. The smallest absolute Gasteiger partial charge is 0.406 e. The number of hydrogen-bond acceptors (Lipinski definition) is 6. The van der Waals surface area contributed by atoms with Gasteiger partial charge in [-0.2, -0.15) is 4.98 Å². The molecule has 1 fully saturated rings.